The number of nitro benzene ring substituents is 1. The molecule has 0 unspecified atom stereocenters. The molecule has 0 bridgehead atoms. The topological polar surface area (TPSA) is 63.5 Å². The fourth-order valence-electron chi connectivity index (χ4n) is 2.86. The summed E-state index contributed by atoms with van der Waals surface area (Å²) in [6, 6.07) is 6.75. The fourth-order valence-corrected chi connectivity index (χ4v) is 2.86. The SMILES string of the molecule is CCN(C(=O)/C=C/c1ccccc1[N+](=O)[O-])C1CCCC1. The summed E-state index contributed by atoms with van der Waals surface area (Å²) >= 11 is 0. The number of likely N-dealkylation sites (N-methyl/N-ethyl adjacent to an activating group) is 1. The minimum atomic E-state index is -0.432. The largest absolute Gasteiger partial charge is 0.336 e. The maximum absolute atomic E-state index is 12.3. The van der Waals surface area contributed by atoms with Crippen molar-refractivity contribution in [3.63, 3.8) is 0 Å². The molecule has 2 rings (SSSR count). The van der Waals surface area contributed by atoms with Crippen LogP contribution in [0.4, 0.5) is 5.69 Å². The normalized spacial score (nSPS) is 15.5. The van der Waals surface area contributed by atoms with Crippen LogP contribution < -0.4 is 0 Å². The minimum absolute atomic E-state index is 0.0189. The molecule has 0 saturated heterocycles. The highest BCUT2D eigenvalue weighted by Crippen LogP contribution is 2.24. The summed E-state index contributed by atoms with van der Waals surface area (Å²) in [5.41, 5.74) is 0.476. The molecule has 0 N–H and O–H groups in total. The number of amides is 1. The zero-order valence-corrected chi connectivity index (χ0v) is 12.2. The van der Waals surface area contributed by atoms with Gasteiger partial charge in [-0.15, -0.1) is 0 Å². The Hall–Kier alpha value is -2.17. The van der Waals surface area contributed by atoms with Gasteiger partial charge in [0.05, 0.1) is 10.5 Å². The number of benzene rings is 1. The van der Waals surface area contributed by atoms with Gasteiger partial charge in [-0.25, -0.2) is 0 Å². The van der Waals surface area contributed by atoms with Crippen LogP contribution in [0.15, 0.2) is 30.3 Å². The molecular formula is C16H20N2O3. The fraction of sp³-hybridized carbons (Fsp3) is 0.438. The van der Waals surface area contributed by atoms with Crippen molar-refractivity contribution in [3.8, 4) is 0 Å². The molecule has 0 aliphatic heterocycles. The lowest BCUT2D eigenvalue weighted by Crippen LogP contribution is -2.37. The van der Waals surface area contributed by atoms with E-state index in [2.05, 4.69) is 0 Å². The molecule has 0 aromatic heterocycles. The third kappa shape index (κ3) is 3.68. The van der Waals surface area contributed by atoms with Crippen molar-refractivity contribution in [1.29, 1.82) is 0 Å². The summed E-state index contributed by atoms with van der Waals surface area (Å²) < 4.78 is 0. The zero-order valence-electron chi connectivity index (χ0n) is 12.2. The number of nitrogens with zero attached hydrogens (tertiary/aromatic N) is 2. The first kappa shape index (κ1) is 15.2. The van der Waals surface area contributed by atoms with E-state index < -0.39 is 4.92 Å². The Balaban J connectivity index is 2.12. The maximum Gasteiger partial charge on any atom is 0.276 e. The van der Waals surface area contributed by atoms with Gasteiger partial charge in [0.15, 0.2) is 0 Å². The number of hydrogen-bond donors (Lipinski definition) is 0. The van der Waals surface area contributed by atoms with Crippen LogP contribution in [0, 0.1) is 10.1 Å². The van der Waals surface area contributed by atoms with Gasteiger partial charge in [-0.1, -0.05) is 25.0 Å². The molecule has 5 nitrogen and oxygen atoms in total. The molecule has 1 aliphatic carbocycles. The van der Waals surface area contributed by atoms with Gasteiger partial charge in [-0.05, 0) is 31.9 Å². The van der Waals surface area contributed by atoms with Gasteiger partial charge in [-0.2, -0.15) is 0 Å². The van der Waals surface area contributed by atoms with E-state index in [1.54, 1.807) is 18.2 Å². The molecule has 1 amide bonds. The number of nitro groups is 1. The van der Waals surface area contributed by atoms with Gasteiger partial charge in [0.25, 0.3) is 5.69 Å². The van der Waals surface area contributed by atoms with Gasteiger partial charge >= 0.3 is 0 Å². The average Bonchev–Trinajstić information content (AvgIpc) is 3.00. The Kier molecular flexibility index (Phi) is 5.09. The van der Waals surface area contributed by atoms with Crippen molar-refractivity contribution in [1.82, 2.24) is 4.90 Å². The van der Waals surface area contributed by atoms with Gasteiger partial charge < -0.3 is 4.90 Å². The maximum atomic E-state index is 12.3. The lowest BCUT2D eigenvalue weighted by molar-refractivity contribution is -0.385. The number of para-hydroxylation sites is 1. The summed E-state index contributed by atoms with van der Waals surface area (Å²) in [7, 11) is 0. The first-order valence-electron chi connectivity index (χ1n) is 7.35. The minimum Gasteiger partial charge on any atom is -0.336 e. The van der Waals surface area contributed by atoms with Crippen molar-refractivity contribution in [3.05, 3.63) is 46.0 Å². The molecular weight excluding hydrogens is 268 g/mol. The van der Waals surface area contributed by atoms with Crippen LogP contribution in [-0.4, -0.2) is 28.3 Å². The Labute approximate surface area is 124 Å². The molecule has 1 aliphatic rings. The summed E-state index contributed by atoms with van der Waals surface area (Å²) in [6.07, 6.45) is 7.44. The van der Waals surface area contributed by atoms with Gasteiger partial charge in [-0.3, -0.25) is 14.9 Å². The van der Waals surface area contributed by atoms with Crippen molar-refractivity contribution in [2.45, 2.75) is 38.6 Å². The van der Waals surface area contributed by atoms with Crippen molar-refractivity contribution in [2.75, 3.05) is 6.54 Å². The molecule has 0 radical (unpaired) electrons. The second kappa shape index (κ2) is 7.02. The van der Waals surface area contributed by atoms with Gasteiger partial charge in [0.2, 0.25) is 5.91 Å². The van der Waals surface area contributed by atoms with Crippen molar-refractivity contribution in [2.24, 2.45) is 0 Å². The third-order valence-electron chi connectivity index (χ3n) is 3.93. The molecule has 0 atom stereocenters. The van der Waals surface area contributed by atoms with Crippen LogP contribution in [0.3, 0.4) is 0 Å². The van der Waals surface area contributed by atoms with E-state index in [4.69, 9.17) is 0 Å². The lowest BCUT2D eigenvalue weighted by atomic mass is 10.1. The number of carbonyl (C=O) groups is 1. The number of rotatable bonds is 5. The van der Waals surface area contributed by atoms with E-state index in [0.717, 1.165) is 12.8 Å². The predicted octanol–water partition coefficient (Wildman–Crippen LogP) is 3.40. The van der Waals surface area contributed by atoms with Crippen LogP contribution in [0.25, 0.3) is 6.08 Å². The Morgan fingerprint density at radius 2 is 2.05 bits per heavy atom. The van der Waals surface area contributed by atoms with E-state index >= 15 is 0 Å². The van der Waals surface area contributed by atoms with Crippen molar-refractivity contribution >= 4 is 17.7 Å². The summed E-state index contributed by atoms with van der Waals surface area (Å²) in [6.45, 7) is 2.64. The molecule has 21 heavy (non-hydrogen) atoms. The Morgan fingerprint density at radius 3 is 2.67 bits per heavy atom. The van der Waals surface area contributed by atoms with E-state index in [-0.39, 0.29) is 11.6 Å². The molecule has 1 aromatic rings. The van der Waals surface area contributed by atoms with E-state index in [1.807, 2.05) is 11.8 Å². The average molecular weight is 288 g/mol. The van der Waals surface area contributed by atoms with Crippen LogP contribution in [0.1, 0.15) is 38.2 Å². The van der Waals surface area contributed by atoms with E-state index in [1.165, 1.54) is 31.1 Å². The molecule has 1 aromatic carbocycles. The lowest BCUT2D eigenvalue weighted by Gasteiger charge is -2.26. The van der Waals surface area contributed by atoms with E-state index in [9.17, 15) is 14.9 Å². The summed E-state index contributed by atoms with van der Waals surface area (Å²) in [4.78, 5) is 24.7. The molecule has 0 heterocycles. The molecule has 5 heteroatoms. The first-order chi connectivity index (χ1) is 10.1. The van der Waals surface area contributed by atoms with Crippen LogP contribution in [-0.2, 0) is 4.79 Å². The summed E-state index contributed by atoms with van der Waals surface area (Å²) in [5, 5.41) is 10.9. The van der Waals surface area contributed by atoms with Crippen molar-refractivity contribution < 1.29 is 9.72 Å². The smallest absolute Gasteiger partial charge is 0.276 e. The molecule has 1 saturated carbocycles. The Morgan fingerprint density at radius 1 is 1.38 bits per heavy atom. The molecule has 1 fully saturated rings. The second-order valence-corrected chi connectivity index (χ2v) is 5.21. The first-order valence-corrected chi connectivity index (χ1v) is 7.35. The highest BCUT2D eigenvalue weighted by Gasteiger charge is 2.24. The quantitative estimate of drug-likeness (QED) is 0.474. The third-order valence-corrected chi connectivity index (χ3v) is 3.93. The van der Waals surface area contributed by atoms with E-state index in [0.29, 0.717) is 18.2 Å². The zero-order chi connectivity index (χ0) is 15.2. The second-order valence-electron chi connectivity index (χ2n) is 5.21. The standard InChI is InChI=1S/C16H20N2O3/c1-2-17(14-8-4-5-9-14)16(19)12-11-13-7-3-6-10-15(13)18(20)21/h3,6-7,10-12,14H,2,4-5,8-9H2,1H3/b12-11+. The highest BCUT2D eigenvalue weighted by molar-refractivity contribution is 5.92. The number of carbonyl (C=O) groups excluding carboxylic acids is 1. The molecule has 0 spiro atoms. The molecule has 112 valence electrons. The summed E-state index contributed by atoms with van der Waals surface area (Å²) in [5.74, 6) is -0.0671. The van der Waals surface area contributed by atoms with Crippen LogP contribution in [0.5, 0.6) is 0 Å². The van der Waals surface area contributed by atoms with Crippen LogP contribution >= 0.6 is 0 Å². The highest BCUT2D eigenvalue weighted by atomic mass is 16.6. The van der Waals surface area contributed by atoms with Gasteiger partial charge in [0, 0.05) is 24.7 Å². The van der Waals surface area contributed by atoms with Gasteiger partial charge in [0.1, 0.15) is 0 Å². The van der Waals surface area contributed by atoms with Crippen LogP contribution in [0.2, 0.25) is 0 Å². The Bertz CT molecular complexity index is 548. The predicted molar refractivity (Wildman–Crippen MR) is 81.8 cm³/mol. The monoisotopic (exact) mass is 288 g/mol. The number of hydrogen-bond acceptors (Lipinski definition) is 3.